The summed E-state index contributed by atoms with van der Waals surface area (Å²) in [6, 6.07) is 18.2. The molecule has 132 valence electrons. The van der Waals surface area contributed by atoms with Gasteiger partial charge in [0.05, 0.1) is 0 Å². The van der Waals surface area contributed by atoms with E-state index in [2.05, 4.69) is 36.0 Å². The maximum atomic E-state index is 12.7. The lowest BCUT2D eigenvalue weighted by molar-refractivity contribution is 0.0630. The lowest BCUT2D eigenvalue weighted by Crippen LogP contribution is -2.49. The van der Waals surface area contributed by atoms with Crippen molar-refractivity contribution < 1.29 is 4.79 Å². The van der Waals surface area contributed by atoms with Crippen molar-refractivity contribution in [1.29, 1.82) is 0 Å². The van der Waals surface area contributed by atoms with Gasteiger partial charge in [0.2, 0.25) is 0 Å². The second-order valence-electron chi connectivity index (χ2n) is 6.88. The number of rotatable bonds is 5. The number of carbonyl (C=O) groups is 1. The van der Waals surface area contributed by atoms with Crippen LogP contribution in [0.15, 0.2) is 54.6 Å². The third kappa shape index (κ3) is 4.68. The molecule has 1 saturated heterocycles. The number of likely N-dealkylation sites (N-methyl/N-ethyl adjacent to an activating group) is 1. The number of nitrogens with zero attached hydrogens (tertiary/aromatic N) is 3. The summed E-state index contributed by atoms with van der Waals surface area (Å²) in [5, 5.41) is 0. The van der Waals surface area contributed by atoms with Crippen LogP contribution in [-0.4, -0.2) is 74.0 Å². The van der Waals surface area contributed by atoms with E-state index in [4.69, 9.17) is 0 Å². The van der Waals surface area contributed by atoms with Crippen molar-refractivity contribution in [1.82, 2.24) is 14.7 Å². The van der Waals surface area contributed by atoms with Gasteiger partial charge < -0.3 is 9.80 Å². The van der Waals surface area contributed by atoms with Gasteiger partial charge in [0, 0.05) is 44.8 Å². The molecular formula is C21H27N3O. The molecule has 2 aromatic carbocycles. The zero-order valence-corrected chi connectivity index (χ0v) is 15.2. The van der Waals surface area contributed by atoms with Crippen LogP contribution in [0.5, 0.6) is 0 Å². The first-order valence-electron chi connectivity index (χ1n) is 8.95. The molecule has 25 heavy (non-hydrogen) atoms. The van der Waals surface area contributed by atoms with E-state index in [9.17, 15) is 4.79 Å². The summed E-state index contributed by atoms with van der Waals surface area (Å²) < 4.78 is 0. The molecule has 2 aromatic rings. The summed E-state index contributed by atoms with van der Waals surface area (Å²) >= 11 is 0. The van der Waals surface area contributed by atoms with Gasteiger partial charge in [-0.2, -0.15) is 0 Å². The van der Waals surface area contributed by atoms with E-state index in [0.29, 0.717) is 0 Å². The Hall–Kier alpha value is -2.17. The average molecular weight is 337 g/mol. The lowest BCUT2D eigenvalue weighted by Gasteiger charge is -2.35. The molecule has 0 aromatic heterocycles. The summed E-state index contributed by atoms with van der Waals surface area (Å²) in [6.07, 6.45) is 0. The van der Waals surface area contributed by atoms with Gasteiger partial charge in [-0.3, -0.25) is 9.69 Å². The van der Waals surface area contributed by atoms with Crippen molar-refractivity contribution in [2.45, 2.75) is 0 Å². The second kappa shape index (κ2) is 8.28. The van der Waals surface area contributed by atoms with Crippen LogP contribution in [0.1, 0.15) is 10.4 Å². The third-order valence-electron chi connectivity index (χ3n) is 4.76. The molecule has 0 spiro atoms. The molecule has 4 nitrogen and oxygen atoms in total. The minimum absolute atomic E-state index is 0.145. The normalized spacial score (nSPS) is 15.6. The topological polar surface area (TPSA) is 26.8 Å². The summed E-state index contributed by atoms with van der Waals surface area (Å²) in [7, 11) is 4.19. The Morgan fingerprint density at radius 3 is 2.08 bits per heavy atom. The van der Waals surface area contributed by atoms with Crippen LogP contribution < -0.4 is 0 Å². The van der Waals surface area contributed by atoms with Crippen LogP contribution in [0, 0.1) is 0 Å². The summed E-state index contributed by atoms with van der Waals surface area (Å²) in [4.78, 5) is 19.3. The van der Waals surface area contributed by atoms with Crippen LogP contribution in [0.25, 0.3) is 11.1 Å². The van der Waals surface area contributed by atoms with E-state index in [1.165, 1.54) is 5.56 Å². The lowest BCUT2D eigenvalue weighted by atomic mass is 10.0. The number of carbonyl (C=O) groups excluding carboxylic acids is 1. The first kappa shape index (κ1) is 17.6. The minimum Gasteiger partial charge on any atom is -0.336 e. The summed E-state index contributed by atoms with van der Waals surface area (Å²) in [5.74, 6) is 0.145. The highest BCUT2D eigenvalue weighted by Crippen LogP contribution is 2.20. The largest absolute Gasteiger partial charge is 0.336 e. The summed E-state index contributed by atoms with van der Waals surface area (Å²) in [5.41, 5.74) is 3.10. The van der Waals surface area contributed by atoms with E-state index in [1.54, 1.807) is 0 Å². The fourth-order valence-electron chi connectivity index (χ4n) is 3.13. The molecule has 4 heteroatoms. The van der Waals surface area contributed by atoms with E-state index < -0.39 is 0 Å². The number of hydrogen-bond donors (Lipinski definition) is 0. The molecule has 0 aliphatic carbocycles. The van der Waals surface area contributed by atoms with Crippen LogP contribution in [0.4, 0.5) is 0 Å². The molecule has 0 N–H and O–H groups in total. The maximum Gasteiger partial charge on any atom is 0.253 e. The first-order chi connectivity index (χ1) is 12.1. The molecule has 0 atom stereocenters. The molecular weight excluding hydrogens is 310 g/mol. The van der Waals surface area contributed by atoms with Gasteiger partial charge in [0.1, 0.15) is 0 Å². The van der Waals surface area contributed by atoms with Gasteiger partial charge in [-0.25, -0.2) is 0 Å². The van der Waals surface area contributed by atoms with Crippen LogP contribution >= 0.6 is 0 Å². The molecule has 1 aliphatic rings. The van der Waals surface area contributed by atoms with Gasteiger partial charge >= 0.3 is 0 Å². The predicted molar refractivity (Wildman–Crippen MR) is 103 cm³/mol. The van der Waals surface area contributed by atoms with Crippen molar-refractivity contribution in [2.75, 3.05) is 53.4 Å². The van der Waals surface area contributed by atoms with E-state index in [1.807, 2.05) is 47.4 Å². The standard InChI is InChI=1S/C21H27N3O/c1-22(2)12-13-23-14-16-24(17-15-23)21(25)20-10-8-19(9-11-20)18-6-4-3-5-7-18/h3-11H,12-17H2,1-2H3. The smallest absolute Gasteiger partial charge is 0.253 e. The SMILES string of the molecule is CN(C)CCN1CCN(C(=O)c2ccc(-c3ccccc3)cc2)CC1. The Balaban J connectivity index is 1.57. The van der Waals surface area contributed by atoms with Crippen molar-refractivity contribution in [2.24, 2.45) is 0 Å². The molecule has 0 bridgehead atoms. The Morgan fingerprint density at radius 1 is 0.880 bits per heavy atom. The number of piperazine rings is 1. The molecule has 0 saturated carbocycles. The quantitative estimate of drug-likeness (QED) is 0.839. The summed E-state index contributed by atoms with van der Waals surface area (Å²) in [6.45, 7) is 5.68. The zero-order chi connectivity index (χ0) is 17.6. The zero-order valence-electron chi connectivity index (χ0n) is 15.2. The molecule has 1 heterocycles. The third-order valence-corrected chi connectivity index (χ3v) is 4.76. The van der Waals surface area contributed by atoms with Crippen molar-refractivity contribution >= 4 is 5.91 Å². The fourth-order valence-corrected chi connectivity index (χ4v) is 3.13. The van der Waals surface area contributed by atoms with Crippen molar-refractivity contribution in [3.63, 3.8) is 0 Å². The van der Waals surface area contributed by atoms with E-state index in [-0.39, 0.29) is 5.91 Å². The Labute approximate surface area is 150 Å². The van der Waals surface area contributed by atoms with Gasteiger partial charge in [-0.1, -0.05) is 42.5 Å². The van der Waals surface area contributed by atoms with Crippen molar-refractivity contribution in [3.05, 3.63) is 60.2 Å². The molecule has 0 radical (unpaired) electrons. The van der Waals surface area contributed by atoms with Gasteiger partial charge in [0.15, 0.2) is 0 Å². The van der Waals surface area contributed by atoms with Gasteiger partial charge in [0.25, 0.3) is 5.91 Å². The Kier molecular flexibility index (Phi) is 5.84. The van der Waals surface area contributed by atoms with Crippen LogP contribution in [0.3, 0.4) is 0 Å². The van der Waals surface area contributed by atoms with Gasteiger partial charge in [-0.15, -0.1) is 0 Å². The van der Waals surface area contributed by atoms with Crippen LogP contribution in [0.2, 0.25) is 0 Å². The molecule has 1 amide bonds. The highest BCUT2D eigenvalue weighted by molar-refractivity contribution is 5.94. The highest BCUT2D eigenvalue weighted by atomic mass is 16.2. The highest BCUT2D eigenvalue weighted by Gasteiger charge is 2.21. The van der Waals surface area contributed by atoms with Crippen LogP contribution in [-0.2, 0) is 0 Å². The second-order valence-corrected chi connectivity index (χ2v) is 6.88. The van der Waals surface area contributed by atoms with Gasteiger partial charge in [-0.05, 0) is 37.4 Å². The van der Waals surface area contributed by atoms with E-state index in [0.717, 1.165) is 50.4 Å². The number of amides is 1. The average Bonchev–Trinajstić information content (AvgIpc) is 2.67. The first-order valence-corrected chi connectivity index (χ1v) is 8.95. The predicted octanol–water partition coefficient (Wildman–Crippen LogP) is 2.67. The molecule has 1 aliphatic heterocycles. The Morgan fingerprint density at radius 2 is 1.48 bits per heavy atom. The maximum absolute atomic E-state index is 12.7. The number of benzene rings is 2. The molecule has 3 rings (SSSR count). The van der Waals surface area contributed by atoms with E-state index >= 15 is 0 Å². The monoisotopic (exact) mass is 337 g/mol. The fraction of sp³-hybridized carbons (Fsp3) is 0.381. The number of hydrogen-bond acceptors (Lipinski definition) is 3. The Bertz CT molecular complexity index is 674. The molecule has 0 unspecified atom stereocenters. The molecule has 1 fully saturated rings. The minimum atomic E-state index is 0.145. The van der Waals surface area contributed by atoms with Crippen molar-refractivity contribution in [3.8, 4) is 11.1 Å².